The molecule has 0 radical (unpaired) electrons. The topological polar surface area (TPSA) is 9.23 Å². The van der Waals surface area contributed by atoms with Gasteiger partial charge in [0.05, 0.1) is 6.61 Å². The highest BCUT2D eigenvalue weighted by Gasteiger charge is 2.41. The molecule has 1 nitrogen and oxygen atoms in total. The summed E-state index contributed by atoms with van der Waals surface area (Å²) in [4.78, 5) is 0. The van der Waals surface area contributed by atoms with Gasteiger partial charge in [-0.05, 0) is 49.3 Å². The Labute approximate surface area is 88.7 Å². The zero-order valence-electron chi connectivity index (χ0n) is 8.26. The number of rotatable bonds is 2. The Balaban J connectivity index is 2.28. The van der Waals surface area contributed by atoms with Crippen LogP contribution in [0.25, 0.3) is 0 Å². The van der Waals surface area contributed by atoms with Crippen molar-refractivity contribution in [1.82, 2.24) is 0 Å². The van der Waals surface area contributed by atoms with Gasteiger partial charge in [-0.3, -0.25) is 0 Å². The number of ether oxygens (including phenoxy) is 1. The Morgan fingerprint density at radius 3 is 2.54 bits per heavy atom. The molecule has 13 heavy (non-hydrogen) atoms. The minimum atomic E-state index is -0.0181. The van der Waals surface area contributed by atoms with Crippen LogP contribution in [-0.2, 0) is 4.74 Å². The van der Waals surface area contributed by atoms with Crippen molar-refractivity contribution in [3.05, 3.63) is 11.1 Å². The molecule has 3 heteroatoms. The maximum atomic E-state index is 5.94. The lowest BCUT2D eigenvalue weighted by molar-refractivity contribution is 0.156. The molecule has 0 unspecified atom stereocenters. The van der Waals surface area contributed by atoms with E-state index in [0.717, 1.165) is 6.61 Å². The molecule has 0 saturated carbocycles. The summed E-state index contributed by atoms with van der Waals surface area (Å²) < 4.78 is 5.92. The molecule has 0 fully saturated rings. The van der Waals surface area contributed by atoms with Crippen molar-refractivity contribution in [2.45, 2.75) is 29.9 Å². The van der Waals surface area contributed by atoms with Crippen LogP contribution in [-0.4, -0.2) is 23.4 Å². The van der Waals surface area contributed by atoms with Gasteiger partial charge in [0, 0.05) is 0 Å². The van der Waals surface area contributed by atoms with Gasteiger partial charge in [-0.25, -0.2) is 0 Å². The second-order valence-electron chi connectivity index (χ2n) is 3.54. The van der Waals surface area contributed by atoms with E-state index in [-0.39, 0.29) is 4.27 Å². The second kappa shape index (κ2) is 3.87. The molecule has 2 rings (SSSR count). The van der Waals surface area contributed by atoms with Gasteiger partial charge in [0.25, 0.3) is 0 Å². The Morgan fingerprint density at radius 2 is 1.85 bits per heavy atom. The molecular formula is C10H16OS2. The monoisotopic (exact) mass is 216 g/mol. The fourth-order valence-electron chi connectivity index (χ4n) is 2.21. The van der Waals surface area contributed by atoms with E-state index in [1.165, 1.54) is 25.7 Å². The summed E-state index contributed by atoms with van der Waals surface area (Å²) >= 11 is 3.70. The summed E-state index contributed by atoms with van der Waals surface area (Å²) in [5, 5.41) is 0. The van der Waals surface area contributed by atoms with Crippen LogP contribution in [0.5, 0.6) is 0 Å². The fourth-order valence-corrected chi connectivity index (χ4v) is 4.22. The van der Waals surface area contributed by atoms with Crippen molar-refractivity contribution in [2.75, 3.05) is 19.1 Å². The lowest BCUT2D eigenvalue weighted by Crippen LogP contribution is -2.22. The first kappa shape index (κ1) is 9.94. The number of hydrogen-bond donors (Lipinski definition) is 0. The molecule has 74 valence electrons. The largest absolute Gasteiger partial charge is 0.347 e. The Kier molecular flexibility index (Phi) is 2.96. The minimum Gasteiger partial charge on any atom is -0.347 e. The molecule has 2 aliphatic rings. The predicted octanol–water partition coefficient (Wildman–Crippen LogP) is 3.27. The van der Waals surface area contributed by atoms with Crippen LogP contribution in [0.3, 0.4) is 0 Å². The molecule has 1 heterocycles. The van der Waals surface area contributed by atoms with Gasteiger partial charge >= 0.3 is 0 Å². The molecule has 1 aliphatic carbocycles. The first-order valence-electron chi connectivity index (χ1n) is 4.78. The fraction of sp³-hybridized carbons (Fsp3) is 0.800. The van der Waals surface area contributed by atoms with Crippen LogP contribution in [0.4, 0.5) is 0 Å². The molecule has 0 atom stereocenters. The maximum Gasteiger partial charge on any atom is 0.182 e. The van der Waals surface area contributed by atoms with Crippen LogP contribution in [0.2, 0.25) is 0 Å². The number of thioether (sulfide) groups is 2. The Bertz CT molecular complexity index is 231. The second-order valence-corrected chi connectivity index (χ2v) is 5.77. The predicted molar refractivity (Wildman–Crippen MR) is 61.2 cm³/mol. The van der Waals surface area contributed by atoms with E-state index >= 15 is 0 Å². The van der Waals surface area contributed by atoms with Gasteiger partial charge in [0.2, 0.25) is 0 Å². The van der Waals surface area contributed by atoms with E-state index in [1.54, 1.807) is 11.1 Å². The van der Waals surface area contributed by atoms with E-state index in [9.17, 15) is 0 Å². The summed E-state index contributed by atoms with van der Waals surface area (Å²) in [5.41, 5.74) is 3.19. The summed E-state index contributed by atoms with van der Waals surface area (Å²) in [6.45, 7) is 0.886. The zero-order chi connectivity index (χ0) is 9.31. The van der Waals surface area contributed by atoms with Crippen molar-refractivity contribution in [3.63, 3.8) is 0 Å². The highest BCUT2D eigenvalue weighted by molar-refractivity contribution is 8.17. The van der Waals surface area contributed by atoms with E-state index in [0.29, 0.717) is 0 Å². The zero-order valence-corrected chi connectivity index (χ0v) is 9.89. The first-order valence-corrected chi connectivity index (χ1v) is 7.23. The lowest BCUT2D eigenvalue weighted by Gasteiger charge is -2.28. The van der Waals surface area contributed by atoms with Crippen molar-refractivity contribution in [2.24, 2.45) is 0 Å². The number of hydrogen-bond acceptors (Lipinski definition) is 3. The summed E-state index contributed by atoms with van der Waals surface area (Å²) in [7, 11) is 0. The SMILES string of the molecule is CSC1(SC)OCC2=C1CCCC2. The van der Waals surface area contributed by atoms with Crippen LogP contribution in [0.15, 0.2) is 11.1 Å². The third kappa shape index (κ3) is 1.55. The standard InChI is InChI=1S/C10H16OS2/c1-12-10(13-2)9-6-4-3-5-8(9)7-11-10/h3-7H2,1-2H3. The molecule has 0 aromatic heterocycles. The maximum absolute atomic E-state index is 5.94. The van der Waals surface area contributed by atoms with Crippen molar-refractivity contribution in [1.29, 1.82) is 0 Å². The molecule has 0 saturated heterocycles. The van der Waals surface area contributed by atoms with Gasteiger partial charge in [-0.1, -0.05) is 0 Å². The van der Waals surface area contributed by atoms with Gasteiger partial charge in [-0.15, -0.1) is 23.5 Å². The van der Waals surface area contributed by atoms with Gasteiger partial charge in [-0.2, -0.15) is 0 Å². The van der Waals surface area contributed by atoms with Crippen LogP contribution in [0.1, 0.15) is 25.7 Å². The quantitative estimate of drug-likeness (QED) is 0.518. The molecule has 0 bridgehead atoms. The Morgan fingerprint density at radius 1 is 1.15 bits per heavy atom. The van der Waals surface area contributed by atoms with Crippen molar-refractivity contribution >= 4 is 23.5 Å². The molecule has 0 amide bonds. The van der Waals surface area contributed by atoms with E-state index in [2.05, 4.69) is 12.5 Å². The normalized spacial score (nSPS) is 26.3. The minimum absolute atomic E-state index is 0.0181. The van der Waals surface area contributed by atoms with E-state index < -0.39 is 0 Å². The van der Waals surface area contributed by atoms with Crippen molar-refractivity contribution < 1.29 is 4.74 Å². The van der Waals surface area contributed by atoms with Gasteiger partial charge < -0.3 is 4.74 Å². The van der Waals surface area contributed by atoms with E-state index in [1.807, 2.05) is 23.5 Å². The highest BCUT2D eigenvalue weighted by Crippen LogP contribution is 2.51. The molecule has 0 spiro atoms. The first-order chi connectivity index (χ1) is 6.32. The van der Waals surface area contributed by atoms with E-state index in [4.69, 9.17) is 4.74 Å². The third-order valence-electron chi connectivity index (χ3n) is 2.93. The average Bonchev–Trinajstić information content (AvgIpc) is 2.58. The molecular weight excluding hydrogens is 200 g/mol. The molecule has 1 aliphatic heterocycles. The van der Waals surface area contributed by atoms with Gasteiger partial charge in [0.15, 0.2) is 4.27 Å². The summed E-state index contributed by atoms with van der Waals surface area (Å²) in [6, 6.07) is 0. The average molecular weight is 216 g/mol. The lowest BCUT2D eigenvalue weighted by atomic mass is 9.94. The van der Waals surface area contributed by atoms with Gasteiger partial charge in [0.1, 0.15) is 0 Å². The van der Waals surface area contributed by atoms with Crippen molar-refractivity contribution in [3.8, 4) is 0 Å². The molecule has 0 N–H and O–H groups in total. The smallest absolute Gasteiger partial charge is 0.182 e. The van der Waals surface area contributed by atoms with Crippen LogP contribution < -0.4 is 0 Å². The molecule has 0 aromatic carbocycles. The Hall–Kier alpha value is 0.400. The van der Waals surface area contributed by atoms with Crippen LogP contribution >= 0.6 is 23.5 Å². The van der Waals surface area contributed by atoms with Crippen LogP contribution in [0, 0.1) is 0 Å². The summed E-state index contributed by atoms with van der Waals surface area (Å²) in [6.07, 6.45) is 9.56. The summed E-state index contributed by atoms with van der Waals surface area (Å²) in [5.74, 6) is 0. The molecule has 0 aromatic rings. The highest BCUT2D eigenvalue weighted by atomic mass is 32.2. The third-order valence-corrected chi connectivity index (χ3v) is 5.73.